The number of halogens is 2. The van der Waals surface area contributed by atoms with Gasteiger partial charge in [-0.05, 0) is 24.3 Å². The highest BCUT2D eigenvalue weighted by Gasteiger charge is 2.39. The van der Waals surface area contributed by atoms with E-state index in [-0.39, 0.29) is 34.2 Å². The first kappa shape index (κ1) is 22.6. The molecule has 1 saturated heterocycles. The summed E-state index contributed by atoms with van der Waals surface area (Å²) >= 11 is 1.32. The van der Waals surface area contributed by atoms with Crippen molar-refractivity contribution in [3.63, 3.8) is 0 Å². The van der Waals surface area contributed by atoms with Crippen LogP contribution in [0.1, 0.15) is 39.0 Å². The highest BCUT2D eigenvalue weighted by molar-refractivity contribution is 7.15. The standard InChI is InChI=1S/C21H27F2N3O3S/c1-5-29-19-17(7-14(22)8-18(19)23)20-24-9-16(30-20)12-25-10-13(21(2,3)4)6-15(11-25)26(27)28/h7-9,13,15H,5-6,10-12H2,1-4H3/t13-,15-/m1/s1. The quantitative estimate of drug-likeness (QED) is 0.468. The molecule has 164 valence electrons. The van der Waals surface area contributed by atoms with Crippen LogP contribution in [-0.2, 0) is 6.54 Å². The minimum Gasteiger partial charge on any atom is -0.490 e. The molecule has 1 aromatic carbocycles. The average molecular weight is 440 g/mol. The van der Waals surface area contributed by atoms with Crippen LogP contribution in [0.5, 0.6) is 5.75 Å². The molecule has 0 unspecified atom stereocenters. The molecule has 0 N–H and O–H groups in total. The molecule has 6 nitrogen and oxygen atoms in total. The molecule has 2 atom stereocenters. The summed E-state index contributed by atoms with van der Waals surface area (Å²) < 4.78 is 33.3. The number of piperidine rings is 1. The summed E-state index contributed by atoms with van der Waals surface area (Å²) in [6, 6.07) is 1.41. The third kappa shape index (κ3) is 5.13. The van der Waals surface area contributed by atoms with Crippen molar-refractivity contribution in [2.24, 2.45) is 11.3 Å². The van der Waals surface area contributed by atoms with Crippen molar-refractivity contribution in [2.45, 2.75) is 46.7 Å². The van der Waals surface area contributed by atoms with E-state index in [1.54, 1.807) is 13.1 Å². The van der Waals surface area contributed by atoms with E-state index in [2.05, 4.69) is 30.7 Å². The summed E-state index contributed by atoms with van der Waals surface area (Å²) in [5.74, 6) is -1.27. The molecular formula is C21H27F2N3O3S. The van der Waals surface area contributed by atoms with Crippen LogP contribution in [0.4, 0.5) is 8.78 Å². The maximum Gasteiger partial charge on any atom is 0.225 e. The summed E-state index contributed by atoms with van der Waals surface area (Å²) in [6.07, 6.45) is 2.24. The van der Waals surface area contributed by atoms with Crippen LogP contribution in [0.15, 0.2) is 18.3 Å². The van der Waals surface area contributed by atoms with Crippen LogP contribution >= 0.6 is 11.3 Å². The summed E-state index contributed by atoms with van der Waals surface area (Å²) in [5.41, 5.74) is 0.247. The largest absolute Gasteiger partial charge is 0.490 e. The maximum atomic E-state index is 14.2. The average Bonchev–Trinajstić information content (AvgIpc) is 3.11. The van der Waals surface area contributed by atoms with Gasteiger partial charge in [-0.25, -0.2) is 13.8 Å². The van der Waals surface area contributed by atoms with E-state index >= 15 is 0 Å². The fraction of sp³-hybridized carbons (Fsp3) is 0.571. The highest BCUT2D eigenvalue weighted by Crippen LogP contribution is 2.38. The third-order valence-corrected chi connectivity index (χ3v) is 6.50. The van der Waals surface area contributed by atoms with Crippen molar-refractivity contribution in [2.75, 3.05) is 19.7 Å². The minimum atomic E-state index is -0.763. The minimum absolute atomic E-state index is 0.0148. The van der Waals surface area contributed by atoms with Gasteiger partial charge in [0.05, 0.1) is 18.7 Å². The van der Waals surface area contributed by atoms with Gasteiger partial charge in [-0.1, -0.05) is 20.8 Å². The fourth-order valence-corrected chi connectivity index (χ4v) is 4.77. The molecule has 0 spiro atoms. The Kier molecular flexibility index (Phi) is 6.71. The van der Waals surface area contributed by atoms with Gasteiger partial charge in [0.2, 0.25) is 6.04 Å². The van der Waals surface area contributed by atoms with Crippen molar-refractivity contribution in [3.05, 3.63) is 45.0 Å². The molecule has 2 heterocycles. The van der Waals surface area contributed by atoms with E-state index in [1.165, 1.54) is 17.4 Å². The zero-order valence-electron chi connectivity index (χ0n) is 17.7. The molecule has 0 aliphatic carbocycles. The number of aromatic nitrogens is 1. The zero-order chi connectivity index (χ0) is 22.1. The molecular weight excluding hydrogens is 412 g/mol. The molecule has 1 fully saturated rings. The highest BCUT2D eigenvalue weighted by atomic mass is 32.1. The van der Waals surface area contributed by atoms with Crippen molar-refractivity contribution in [1.82, 2.24) is 9.88 Å². The number of hydrogen-bond acceptors (Lipinski definition) is 6. The SMILES string of the molecule is CCOc1c(F)cc(F)cc1-c1ncc(CN2C[C@H]([N+](=O)[O-])C[C@@H](C(C)(C)C)C2)s1. The first-order chi connectivity index (χ1) is 14.1. The Hall–Kier alpha value is -2.13. The van der Waals surface area contributed by atoms with Gasteiger partial charge in [-0.15, -0.1) is 11.3 Å². The van der Waals surface area contributed by atoms with Gasteiger partial charge in [-0.2, -0.15) is 0 Å². The fourth-order valence-electron chi connectivity index (χ4n) is 3.81. The molecule has 0 amide bonds. The molecule has 0 radical (unpaired) electrons. The van der Waals surface area contributed by atoms with Gasteiger partial charge in [0.1, 0.15) is 10.8 Å². The Morgan fingerprint density at radius 3 is 2.70 bits per heavy atom. The Balaban J connectivity index is 1.82. The summed E-state index contributed by atoms with van der Waals surface area (Å²) in [7, 11) is 0. The van der Waals surface area contributed by atoms with Crippen LogP contribution in [0.2, 0.25) is 0 Å². The number of nitro groups is 1. The van der Waals surface area contributed by atoms with E-state index in [1.807, 2.05) is 0 Å². The lowest BCUT2D eigenvalue weighted by molar-refractivity contribution is -0.529. The van der Waals surface area contributed by atoms with Crippen LogP contribution in [0, 0.1) is 33.1 Å². The number of hydrogen-bond donors (Lipinski definition) is 0. The zero-order valence-corrected chi connectivity index (χ0v) is 18.5. The van der Waals surface area contributed by atoms with Crippen molar-refractivity contribution in [1.29, 1.82) is 0 Å². The molecule has 0 saturated carbocycles. The lowest BCUT2D eigenvalue weighted by Crippen LogP contribution is -2.49. The maximum absolute atomic E-state index is 14.2. The summed E-state index contributed by atoms with van der Waals surface area (Å²) in [4.78, 5) is 18.6. The Bertz CT molecular complexity index is 913. The lowest BCUT2D eigenvalue weighted by Gasteiger charge is -2.40. The first-order valence-corrected chi connectivity index (χ1v) is 10.8. The smallest absolute Gasteiger partial charge is 0.225 e. The molecule has 1 aromatic heterocycles. The van der Waals surface area contributed by atoms with E-state index in [9.17, 15) is 18.9 Å². The Morgan fingerprint density at radius 2 is 2.07 bits per heavy atom. The van der Waals surface area contributed by atoms with E-state index in [0.29, 0.717) is 24.5 Å². The summed E-state index contributed by atoms with van der Waals surface area (Å²) in [6.45, 7) is 9.96. The second-order valence-corrected chi connectivity index (χ2v) is 9.88. The van der Waals surface area contributed by atoms with Crippen LogP contribution in [-0.4, -0.2) is 40.5 Å². The van der Waals surface area contributed by atoms with Crippen LogP contribution in [0.3, 0.4) is 0 Å². The Labute approximate surface area is 179 Å². The second kappa shape index (κ2) is 8.93. The van der Waals surface area contributed by atoms with Crippen molar-refractivity contribution >= 4 is 11.3 Å². The van der Waals surface area contributed by atoms with Crippen molar-refractivity contribution in [3.8, 4) is 16.3 Å². The number of likely N-dealkylation sites (tertiary alicyclic amines) is 1. The molecule has 1 aliphatic heterocycles. The van der Waals surface area contributed by atoms with Crippen LogP contribution in [0.25, 0.3) is 10.6 Å². The van der Waals surface area contributed by atoms with E-state index < -0.39 is 17.7 Å². The normalized spacial score (nSPS) is 20.3. The lowest BCUT2D eigenvalue weighted by atomic mass is 9.75. The number of ether oxygens (including phenoxy) is 1. The molecule has 3 rings (SSSR count). The number of benzene rings is 1. The molecule has 9 heteroatoms. The third-order valence-electron chi connectivity index (χ3n) is 5.49. The van der Waals surface area contributed by atoms with Gasteiger partial charge in [-0.3, -0.25) is 15.0 Å². The summed E-state index contributed by atoms with van der Waals surface area (Å²) in [5, 5.41) is 11.9. The number of nitrogens with zero attached hydrogens (tertiary/aromatic N) is 3. The van der Waals surface area contributed by atoms with E-state index in [4.69, 9.17) is 4.74 Å². The molecule has 30 heavy (non-hydrogen) atoms. The first-order valence-electron chi connectivity index (χ1n) is 10.0. The molecule has 1 aliphatic rings. The van der Waals surface area contributed by atoms with Crippen LogP contribution < -0.4 is 4.74 Å². The number of rotatable bonds is 6. The predicted octanol–water partition coefficient (Wildman–Crippen LogP) is 5.00. The van der Waals surface area contributed by atoms with Gasteiger partial charge >= 0.3 is 0 Å². The van der Waals surface area contributed by atoms with Gasteiger partial charge in [0.25, 0.3) is 0 Å². The molecule has 0 bridgehead atoms. The topological polar surface area (TPSA) is 68.5 Å². The number of thiazole rings is 1. The van der Waals surface area contributed by atoms with Gasteiger partial charge in [0.15, 0.2) is 11.6 Å². The second-order valence-electron chi connectivity index (χ2n) is 8.76. The predicted molar refractivity (Wildman–Crippen MR) is 112 cm³/mol. The monoisotopic (exact) mass is 439 g/mol. The van der Waals surface area contributed by atoms with E-state index in [0.717, 1.165) is 17.5 Å². The Morgan fingerprint density at radius 1 is 1.33 bits per heavy atom. The van der Waals surface area contributed by atoms with Gasteiger partial charge < -0.3 is 4.74 Å². The van der Waals surface area contributed by atoms with Gasteiger partial charge in [0, 0.05) is 41.6 Å². The molecule has 2 aromatic rings. The van der Waals surface area contributed by atoms with Crippen molar-refractivity contribution < 1.29 is 18.4 Å².